The number of anilines is 1. The third-order valence-corrected chi connectivity index (χ3v) is 2.76. The molecule has 0 bridgehead atoms. The number of nitrogens with two attached hydrogens (primary N) is 1. The maximum atomic E-state index is 10.7. The van der Waals surface area contributed by atoms with E-state index in [0.29, 0.717) is 17.9 Å². The number of hydrogen-bond donors (Lipinski definition) is 4. The number of benzene rings is 1. The number of aromatic nitrogens is 1. The summed E-state index contributed by atoms with van der Waals surface area (Å²) in [5.74, 6) is -0.475. The van der Waals surface area contributed by atoms with Gasteiger partial charge in [0.15, 0.2) is 0 Å². The minimum Gasteiger partial charge on any atom is -0.478 e. The van der Waals surface area contributed by atoms with Crippen molar-refractivity contribution in [1.82, 2.24) is 4.98 Å². The maximum Gasteiger partial charge on any atom is 0.335 e. The molecular formula is C14H14N4O2. The van der Waals surface area contributed by atoms with Crippen LogP contribution in [0.15, 0.2) is 42.6 Å². The van der Waals surface area contributed by atoms with Crippen LogP contribution in [0.25, 0.3) is 0 Å². The lowest BCUT2D eigenvalue weighted by atomic mass is 10.1. The van der Waals surface area contributed by atoms with E-state index >= 15 is 0 Å². The molecule has 0 saturated heterocycles. The molecule has 0 aliphatic carbocycles. The molecule has 0 amide bonds. The number of pyridine rings is 1. The molecule has 6 nitrogen and oxygen atoms in total. The first-order chi connectivity index (χ1) is 9.58. The summed E-state index contributed by atoms with van der Waals surface area (Å²) in [6.07, 6.45) is 1.61. The molecule has 102 valence electrons. The molecule has 0 unspecified atom stereocenters. The van der Waals surface area contributed by atoms with Gasteiger partial charge in [-0.05, 0) is 29.8 Å². The molecule has 1 aromatic heterocycles. The second-order valence-corrected chi connectivity index (χ2v) is 4.17. The number of amidine groups is 1. The molecule has 2 rings (SSSR count). The fraction of sp³-hybridized carbons (Fsp3) is 0.0714. The molecule has 0 atom stereocenters. The van der Waals surface area contributed by atoms with Crippen molar-refractivity contribution in [3.8, 4) is 0 Å². The van der Waals surface area contributed by atoms with E-state index in [2.05, 4.69) is 10.3 Å². The van der Waals surface area contributed by atoms with E-state index in [-0.39, 0.29) is 11.4 Å². The van der Waals surface area contributed by atoms with E-state index in [4.69, 9.17) is 16.2 Å². The zero-order valence-electron chi connectivity index (χ0n) is 10.6. The Balaban J connectivity index is 2.09. The molecule has 5 N–H and O–H groups in total. The van der Waals surface area contributed by atoms with Crippen LogP contribution in [0.5, 0.6) is 0 Å². The predicted molar refractivity (Wildman–Crippen MR) is 76.0 cm³/mol. The van der Waals surface area contributed by atoms with Gasteiger partial charge in [-0.2, -0.15) is 0 Å². The first kappa shape index (κ1) is 13.5. The molecular weight excluding hydrogens is 256 g/mol. The standard InChI is InChI=1S/C14H14N4O2/c15-12(16)11-2-1-7-17-13(11)18-8-9-3-5-10(6-4-9)14(19)20/h1-7H,8H2,(H3,15,16)(H,17,18)(H,19,20). The van der Waals surface area contributed by atoms with Crippen LogP contribution in [0.3, 0.4) is 0 Å². The average Bonchev–Trinajstić information content (AvgIpc) is 2.45. The molecule has 0 fully saturated rings. The van der Waals surface area contributed by atoms with E-state index in [1.807, 2.05) is 0 Å². The molecule has 0 radical (unpaired) electrons. The number of carboxylic acid groups (broad SMARTS) is 1. The van der Waals surface area contributed by atoms with Crippen molar-refractivity contribution in [2.24, 2.45) is 5.73 Å². The monoisotopic (exact) mass is 270 g/mol. The first-order valence-corrected chi connectivity index (χ1v) is 5.93. The average molecular weight is 270 g/mol. The van der Waals surface area contributed by atoms with Crippen LogP contribution in [0.4, 0.5) is 5.82 Å². The maximum absolute atomic E-state index is 10.7. The van der Waals surface area contributed by atoms with Crippen LogP contribution in [-0.4, -0.2) is 21.9 Å². The second-order valence-electron chi connectivity index (χ2n) is 4.17. The third-order valence-electron chi connectivity index (χ3n) is 2.76. The van der Waals surface area contributed by atoms with Gasteiger partial charge in [-0.1, -0.05) is 12.1 Å². The number of rotatable bonds is 5. The highest BCUT2D eigenvalue weighted by molar-refractivity contribution is 5.99. The Morgan fingerprint density at radius 3 is 2.60 bits per heavy atom. The Hall–Kier alpha value is -2.89. The van der Waals surface area contributed by atoms with Crippen LogP contribution in [0.2, 0.25) is 0 Å². The Bertz CT molecular complexity index is 638. The van der Waals surface area contributed by atoms with Crippen molar-refractivity contribution in [2.45, 2.75) is 6.54 Å². The molecule has 20 heavy (non-hydrogen) atoms. The van der Waals surface area contributed by atoms with Gasteiger partial charge in [-0.15, -0.1) is 0 Å². The minimum atomic E-state index is -0.951. The van der Waals surface area contributed by atoms with Gasteiger partial charge in [0.1, 0.15) is 11.7 Å². The number of nitrogens with one attached hydrogen (secondary N) is 2. The number of hydrogen-bond acceptors (Lipinski definition) is 4. The van der Waals surface area contributed by atoms with Gasteiger partial charge < -0.3 is 16.2 Å². The Morgan fingerprint density at radius 2 is 2.00 bits per heavy atom. The number of nitrogen functional groups attached to an aromatic ring is 1. The topological polar surface area (TPSA) is 112 Å². The third kappa shape index (κ3) is 3.11. The molecule has 0 aliphatic rings. The second kappa shape index (κ2) is 5.83. The zero-order chi connectivity index (χ0) is 14.5. The summed E-state index contributed by atoms with van der Waals surface area (Å²) in [5.41, 5.74) is 7.17. The fourth-order valence-electron chi connectivity index (χ4n) is 1.71. The lowest BCUT2D eigenvalue weighted by molar-refractivity contribution is 0.0697. The zero-order valence-corrected chi connectivity index (χ0v) is 10.6. The summed E-state index contributed by atoms with van der Waals surface area (Å²) >= 11 is 0. The lowest BCUT2D eigenvalue weighted by Crippen LogP contribution is -2.15. The highest BCUT2D eigenvalue weighted by Gasteiger charge is 2.06. The van der Waals surface area contributed by atoms with E-state index in [1.165, 1.54) is 0 Å². The summed E-state index contributed by atoms with van der Waals surface area (Å²) in [4.78, 5) is 14.9. The van der Waals surface area contributed by atoms with Crippen molar-refractivity contribution in [3.63, 3.8) is 0 Å². The number of carbonyl (C=O) groups is 1. The normalized spacial score (nSPS) is 10.0. The van der Waals surface area contributed by atoms with Crippen LogP contribution >= 0.6 is 0 Å². The van der Waals surface area contributed by atoms with E-state index in [1.54, 1.807) is 42.6 Å². The highest BCUT2D eigenvalue weighted by atomic mass is 16.4. The number of carboxylic acids is 1. The molecule has 6 heteroatoms. The van der Waals surface area contributed by atoms with Crippen LogP contribution in [0.1, 0.15) is 21.5 Å². The molecule has 1 heterocycles. The van der Waals surface area contributed by atoms with Gasteiger partial charge in [-0.3, -0.25) is 5.41 Å². The Morgan fingerprint density at radius 1 is 1.30 bits per heavy atom. The molecule has 0 saturated carbocycles. The first-order valence-electron chi connectivity index (χ1n) is 5.93. The van der Waals surface area contributed by atoms with Gasteiger partial charge in [0.05, 0.1) is 11.1 Å². The van der Waals surface area contributed by atoms with E-state index < -0.39 is 5.97 Å². The summed E-state index contributed by atoms with van der Waals surface area (Å²) in [6, 6.07) is 9.97. The quantitative estimate of drug-likeness (QED) is 0.487. The van der Waals surface area contributed by atoms with Crippen molar-refractivity contribution >= 4 is 17.6 Å². The summed E-state index contributed by atoms with van der Waals surface area (Å²) in [5, 5.41) is 19.4. The minimum absolute atomic E-state index is 0.0539. The Labute approximate surface area is 115 Å². The highest BCUT2D eigenvalue weighted by Crippen LogP contribution is 2.12. The summed E-state index contributed by atoms with van der Waals surface area (Å²) in [7, 11) is 0. The van der Waals surface area contributed by atoms with Crippen molar-refractivity contribution in [3.05, 3.63) is 59.3 Å². The fourth-order valence-corrected chi connectivity index (χ4v) is 1.71. The Kier molecular flexibility index (Phi) is 3.95. The van der Waals surface area contributed by atoms with Gasteiger partial charge in [-0.25, -0.2) is 9.78 Å². The molecule has 0 spiro atoms. The van der Waals surface area contributed by atoms with Gasteiger partial charge >= 0.3 is 5.97 Å². The SMILES string of the molecule is N=C(N)c1cccnc1NCc1ccc(C(=O)O)cc1. The van der Waals surface area contributed by atoms with Gasteiger partial charge in [0.25, 0.3) is 0 Å². The largest absolute Gasteiger partial charge is 0.478 e. The van der Waals surface area contributed by atoms with Crippen molar-refractivity contribution in [1.29, 1.82) is 5.41 Å². The van der Waals surface area contributed by atoms with E-state index in [9.17, 15) is 4.79 Å². The van der Waals surface area contributed by atoms with Crippen molar-refractivity contribution in [2.75, 3.05) is 5.32 Å². The summed E-state index contributed by atoms with van der Waals surface area (Å²) < 4.78 is 0. The van der Waals surface area contributed by atoms with Crippen LogP contribution in [0, 0.1) is 5.41 Å². The van der Waals surface area contributed by atoms with Gasteiger partial charge in [0, 0.05) is 12.7 Å². The molecule has 0 aliphatic heterocycles. The molecule has 1 aromatic carbocycles. The predicted octanol–water partition coefficient (Wildman–Crippen LogP) is 1.68. The number of nitrogens with zero attached hydrogens (tertiary/aromatic N) is 1. The summed E-state index contributed by atoms with van der Waals surface area (Å²) in [6.45, 7) is 0.469. The van der Waals surface area contributed by atoms with E-state index in [0.717, 1.165) is 5.56 Å². The smallest absolute Gasteiger partial charge is 0.335 e. The lowest BCUT2D eigenvalue weighted by Gasteiger charge is -2.09. The molecule has 2 aromatic rings. The van der Waals surface area contributed by atoms with Crippen LogP contribution < -0.4 is 11.1 Å². The van der Waals surface area contributed by atoms with Gasteiger partial charge in [0.2, 0.25) is 0 Å². The van der Waals surface area contributed by atoms with Crippen LogP contribution in [-0.2, 0) is 6.54 Å². The number of aromatic carboxylic acids is 1. The van der Waals surface area contributed by atoms with Crippen molar-refractivity contribution < 1.29 is 9.90 Å².